The summed E-state index contributed by atoms with van der Waals surface area (Å²) in [5.74, 6) is 1.84. The summed E-state index contributed by atoms with van der Waals surface area (Å²) in [4.78, 5) is 0. The van der Waals surface area contributed by atoms with Gasteiger partial charge < -0.3 is 10.5 Å². The van der Waals surface area contributed by atoms with Gasteiger partial charge in [-0.05, 0) is 55.7 Å². The predicted molar refractivity (Wildman–Crippen MR) is 71.4 cm³/mol. The van der Waals surface area contributed by atoms with Crippen molar-refractivity contribution in [3.05, 3.63) is 29.3 Å². The van der Waals surface area contributed by atoms with Crippen molar-refractivity contribution in [1.82, 2.24) is 0 Å². The second-order valence-electron chi connectivity index (χ2n) is 5.24. The van der Waals surface area contributed by atoms with Gasteiger partial charge in [-0.15, -0.1) is 0 Å². The maximum atomic E-state index is 6.02. The molecule has 1 unspecified atom stereocenters. The van der Waals surface area contributed by atoms with Crippen LogP contribution in [0, 0.1) is 12.8 Å². The summed E-state index contributed by atoms with van der Waals surface area (Å²) in [5.41, 5.74) is 8.53. The predicted octanol–water partition coefficient (Wildman–Crippen LogP) is 3.06. The van der Waals surface area contributed by atoms with Crippen LogP contribution in [0.4, 0.5) is 0 Å². The van der Waals surface area contributed by atoms with E-state index in [2.05, 4.69) is 32.0 Å². The van der Waals surface area contributed by atoms with E-state index in [4.69, 9.17) is 10.5 Å². The Morgan fingerprint density at radius 1 is 1.41 bits per heavy atom. The molecule has 17 heavy (non-hydrogen) atoms. The Bertz CT molecular complexity index is 371. The van der Waals surface area contributed by atoms with Gasteiger partial charge >= 0.3 is 0 Å². The molecule has 1 aromatic carbocycles. The Morgan fingerprint density at radius 2 is 2.18 bits per heavy atom. The first-order chi connectivity index (χ1) is 8.19. The molecule has 0 spiro atoms. The van der Waals surface area contributed by atoms with Crippen molar-refractivity contribution in [2.24, 2.45) is 11.7 Å². The first-order valence-electron chi connectivity index (χ1n) is 6.67. The fourth-order valence-electron chi connectivity index (χ4n) is 1.88. The molecule has 0 aromatic heterocycles. The van der Waals surface area contributed by atoms with E-state index < -0.39 is 0 Å². The third-order valence-electron chi connectivity index (χ3n) is 3.40. The van der Waals surface area contributed by atoms with Gasteiger partial charge in [-0.25, -0.2) is 0 Å². The summed E-state index contributed by atoms with van der Waals surface area (Å²) in [6, 6.07) is 6.68. The zero-order chi connectivity index (χ0) is 12.3. The van der Waals surface area contributed by atoms with Gasteiger partial charge in [0.05, 0.1) is 6.61 Å². The van der Waals surface area contributed by atoms with Crippen LogP contribution in [0.15, 0.2) is 18.2 Å². The molecular formula is C15H23NO. The molecule has 1 fully saturated rings. The van der Waals surface area contributed by atoms with Crippen LogP contribution in [-0.2, 0) is 6.42 Å². The standard InChI is InChI=1S/C15H23NO/c1-3-14(16)9-13-7-4-11(2)8-15(13)17-10-12-5-6-12/h4,7-8,12,14H,3,5-6,9-10,16H2,1-2H3. The van der Waals surface area contributed by atoms with Gasteiger partial charge in [0, 0.05) is 6.04 Å². The highest BCUT2D eigenvalue weighted by molar-refractivity contribution is 5.37. The third kappa shape index (κ3) is 3.74. The maximum Gasteiger partial charge on any atom is 0.122 e. The van der Waals surface area contributed by atoms with Crippen molar-refractivity contribution in [1.29, 1.82) is 0 Å². The van der Waals surface area contributed by atoms with Gasteiger partial charge in [0.25, 0.3) is 0 Å². The minimum absolute atomic E-state index is 0.237. The summed E-state index contributed by atoms with van der Waals surface area (Å²) >= 11 is 0. The molecule has 1 aromatic rings. The smallest absolute Gasteiger partial charge is 0.122 e. The van der Waals surface area contributed by atoms with E-state index >= 15 is 0 Å². The normalized spacial score (nSPS) is 16.9. The highest BCUT2D eigenvalue weighted by Crippen LogP contribution is 2.31. The fraction of sp³-hybridized carbons (Fsp3) is 0.600. The van der Waals surface area contributed by atoms with Gasteiger partial charge in [0.15, 0.2) is 0 Å². The number of aryl methyl sites for hydroxylation is 1. The van der Waals surface area contributed by atoms with E-state index in [0.717, 1.165) is 31.1 Å². The first-order valence-corrected chi connectivity index (χ1v) is 6.67. The molecule has 0 bridgehead atoms. The van der Waals surface area contributed by atoms with E-state index in [1.165, 1.54) is 24.0 Å². The first kappa shape index (κ1) is 12.4. The SMILES string of the molecule is CCC(N)Cc1ccc(C)cc1OCC1CC1. The van der Waals surface area contributed by atoms with Crippen LogP contribution in [0.2, 0.25) is 0 Å². The number of rotatable bonds is 6. The highest BCUT2D eigenvalue weighted by atomic mass is 16.5. The van der Waals surface area contributed by atoms with Gasteiger partial charge in [-0.3, -0.25) is 0 Å². The molecule has 2 nitrogen and oxygen atoms in total. The van der Waals surface area contributed by atoms with Gasteiger partial charge in [0.1, 0.15) is 5.75 Å². The summed E-state index contributed by atoms with van der Waals surface area (Å²) in [6.07, 6.45) is 4.58. The molecule has 1 saturated carbocycles. The molecule has 1 aliphatic carbocycles. The molecule has 0 saturated heterocycles. The Morgan fingerprint density at radius 3 is 2.82 bits per heavy atom. The molecule has 1 aliphatic rings. The van der Waals surface area contributed by atoms with E-state index in [0.29, 0.717) is 0 Å². The van der Waals surface area contributed by atoms with Crippen molar-refractivity contribution >= 4 is 0 Å². The maximum absolute atomic E-state index is 6.02. The summed E-state index contributed by atoms with van der Waals surface area (Å²) in [7, 11) is 0. The number of nitrogens with two attached hydrogens (primary N) is 1. The molecule has 0 heterocycles. The minimum atomic E-state index is 0.237. The number of hydrogen-bond acceptors (Lipinski definition) is 2. The average molecular weight is 233 g/mol. The summed E-state index contributed by atoms with van der Waals surface area (Å²) < 4.78 is 5.93. The molecule has 0 amide bonds. The van der Waals surface area contributed by atoms with Crippen LogP contribution in [0.3, 0.4) is 0 Å². The van der Waals surface area contributed by atoms with Gasteiger partial charge in [-0.2, -0.15) is 0 Å². The zero-order valence-electron chi connectivity index (χ0n) is 10.9. The topological polar surface area (TPSA) is 35.2 Å². The Balaban J connectivity index is 2.05. The van der Waals surface area contributed by atoms with Gasteiger partial charge in [-0.1, -0.05) is 19.1 Å². The average Bonchev–Trinajstić information content (AvgIpc) is 3.13. The van der Waals surface area contributed by atoms with Crippen molar-refractivity contribution < 1.29 is 4.74 Å². The second-order valence-corrected chi connectivity index (χ2v) is 5.24. The van der Waals surface area contributed by atoms with Crippen molar-refractivity contribution in [2.45, 2.75) is 45.6 Å². The monoisotopic (exact) mass is 233 g/mol. The highest BCUT2D eigenvalue weighted by Gasteiger charge is 2.22. The zero-order valence-corrected chi connectivity index (χ0v) is 10.9. The minimum Gasteiger partial charge on any atom is -0.493 e. The van der Waals surface area contributed by atoms with Crippen molar-refractivity contribution in [2.75, 3.05) is 6.61 Å². The Hall–Kier alpha value is -1.02. The van der Waals surface area contributed by atoms with Crippen molar-refractivity contribution in [3.8, 4) is 5.75 Å². The molecular weight excluding hydrogens is 210 g/mol. The van der Waals surface area contributed by atoms with E-state index in [9.17, 15) is 0 Å². The molecule has 2 heteroatoms. The van der Waals surface area contributed by atoms with Crippen LogP contribution in [0.5, 0.6) is 5.75 Å². The van der Waals surface area contributed by atoms with Crippen LogP contribution in [0.1, 0.15) is 37.3 Å². The number of benzene rings is 1. The Labute approximate surface area is 104 Å². The molecule has 2 rings (SSSR count). The van der Waals surface area contributed by atoms with Crippen LogP contribution in [-0.4, -0.2) is 12.6 Å². The molecule has 1 atom stereocenters. The number of hydrogen-bond donors (Lipinski definition) is 1. The van der Waals surface area contributed by atoms with Gasteiger partial charge in [0.2, 0.25) is 0 Å². The third-order valence-corrected chi connectivity index (χ3v) is 3.40. The molecule has 2 N–H and O–H groups in total. The number of ether oxygens (including phenoxy) is 1. The lowest BCUT2D eigenvalue weighted by Gasteiger charge is -2.15. The van der Waals surface area contributed by atoms with E-state index in [1.807, 2.05) is 0 Å². The lowest BCUT2D eigenvalue weighted by atomic mass is 10.0. The summed E-state index contributed by atoms with van der Waals surface area (Å²) in [5, 5.41) is 0. The van der Waals surface area contributed by atoms with E-state index in [1.54, 1.807) is 0 Å². The van der Waals surface area contributed by atoms with Crippen LogP contribution < -0.4 is 10.5 Å². The Kier molecular flexibility index (Phi) is 4.06. The molecule has 0 aliphatic heterocycles. The lowest BCUT2D eigenvalue weighted by molar-refractivity contribution is 0.296. The quantitative estimate of drug-likeness (QED) is 0.819. The van der Waals surface area contributed by atoms with E-state index in [-0.39, 0.29) is 6.04 Å². The second kappa shape index (κ2) is 5.54. The lowest BCUT2D eigenvalue weighted by Crippen LogP contribution is -2.21. The van der Waals surface area contributed by atoms with Crippen LogP contribution >= 0.6 is 0 Å². The largest absolute Gasteiger partial charge is 0.493 e. The van der Waals surface area contributed by atoms with Crippen LogP contribution in [0.25, 0.3) is 0 Å². The molecule has 0 radical (unpaired) electrons. The summed E-state index contributed by atoms with van der Waals surface area (Å²) in [6.45, 7) is 5.11. The fourth-order valence-corrected chi connectivity index (χ4v) is 1.88. The van der Waals surface area contributed by atoms with Crippen molar-refractivity contribution in [3.63, 3.8) is 0 Å². The molecule has 94 valence electrons.